The highest BCUT2D eigenvalue weighted by atomic mass is 19.4. The van der Waals surface area contributed by atoms with Crippen LogP contribution in [0, 0.1) is 0 Å². The molecular weight excluding hydrogens is 263 g/mol. The van der Waals surface area contributed by atoms with E-state index in [1.807, 2.05) is 0 Å². The molecule has 0 heterocycles. The van der Waals surface area contributed by atoms with E-state index in [0.717, 1.165) is 5.56 Å². The van der Waals surface area contributed by atoms with E-state index in [9.17, 15) is 18.0 Å². The van der Waals surface area contributed by atoms with Crippen LogP contribution in [0.4, 0.5) is 13.2 Å². The number of carbonyl (C=O) groups is 1. The maximum atomic E-state index is 12.0. The summed E-state index contributed by atoms with van der Waals surface area (Å²) in [6.45, 7) is 0.526. The zero-order valence-electron chi connectivity index (χ0n) is 10.5. The number of ether oxygens (including phenoxy) is 2. The topological polar surface area (TPSA) is 38.8 Å². The van der Waals surface area contributed by atoms with Gasteiger partial charge in [0.05, 0.1) is 13.7 Å². The fraction of sp³-hybridized carbons (Fsp3) is 0.417. The van der Waals surface area contributed by atoms with Crippen LogP contribution in [0.2, 0.25) is 0 Å². The van der Waals surface area contributed by atoms with Gasteiger partial charge in [-0.15, -0.1) is 13.2 Å². The molecule has 0 fully saturated rings. The molecule has 0 spiro atoms. The van der Waals surface area contributed by atoms with Crippen molar-refractivity contribution in [2.75, 3.05) is 20.7 Å². The number of benzene rings is 1. The van der Waals surface area contributed by atoms with Crippen molar-refractivity contribution in [1.29, 1.82) is 0 Å². The number of hydrogen-bond donors (Lipinski definition) is 0. The van der Waals surface area contributed by atoms with Crippen molar-refractivity contribution in [3.05, 3.63) is 29.8 Å². The summed E-state index contributed by atoms with van der Waals surface area (Å²) in [4.78, 5) is 12.7. The Bertz CT molecular complexity index is 417. The molecule has 1 aromatic carbocycles. The molecule has 7 heteroatoms. The van der Waals surface area contributed by atoms with Gasteiger partial charge in [0.2, 0.25) is 0 Å². The zero-order chi connectivity index (χ0) is 14.5. The van der Waals surface area contributed by atoms with Crippen LogP contribution < -0.4 is 4.74 Å². The molecule has 0 bridgehead atoms. The number of carbonyl (C=O) groups excluding carboxylic acids is 1. The molecule has 106 valence electrons. The zero-order valence-corrected chi connectivity index (χ0v) is 10.5. The van der Waals surface area contributed by atoms with Crippen molar-refractivity contribution in [2.24, 2.45) is 0 Å². The summed E-state index contributed by atoms with van der Waals surface area (Å²) < 4.78 is 44.1. The smallest absolute Gasteiger partial charge is 0.468 e. The van der Waals surface area contributed by atoms with Crippen molar-refractivity contribution in [3.8, 4) is 5.75 Å². The summed E-state index contributed by atoms with van der Waals surface area (Å²) in [6.07, 6.45) is -4.69. The molecule has 0 aliphatic rings. The van der Waals surface area contributed by atoms with E-state index >= 15 is 0 Å². The lowest BCUT2D eigenvalue weighted by Crippen LogP contribution is -2.26. The molecule has 0 aromatic heterocycles. The second-order valence-electron chi connectivity index (χ2n) is 3.94. The molecule has 4 nitrogen and oxygen atoms in total. The van der Waals surface area contributed by atoms with E-state index in [-0.39, 0.29) is 18.3 Å². The normalized spacial score (nSPS) is 11.5. The quantitative estimate of drug-likeness (QED) is 0.773. The van der Waals surface area contributed by atoms with Gasteiger partial charge in [-0.05, 0) is 24.7 Å². The SMILES string of the molecule is COC(=O)CN(C)Cc1ccc(OC(F)(F)F)cc1. The van der Waals surface area contributed by atoms with Gasteiger partial charge in [0.25, 0.3) is 0 Å². The molecule has 0 amide bonds. The molecule has 19 heavy (non-hydrogen) atoms. The average molecular weight is 277 g/mol. The first-order valence-electron chi connectivity index (χ1n) is 5.40. The third-order valence-corrected chi connectivity index (χ3v) is 2.24. The Balaban J connectivity index is 2.54. The average Bonchev–Trinajstić information content (AvgIpc) is 2.29. The second-order valence-corrected chi connectivity index (χ2v) is 3.94. The molecule has 0 aliphatic heterocycles. The standard InChI is InChI=1S/C12H14F3NO3/c1-16(8-11(17)18-2)7-9-3-5-10(6-4-9)19-12(13,14)15/h3-6H,7-8H2,1-2H3. The number of esters is 1. The highest BCUT2D eigenvalue weighted by molar-refractivity contribution is 5.71. The third kappa shape index (κ3) is 6.10. The van der Waals surface area contributed by atoms with Crippen molar-refractivity contribution in [3.63, 3.8) is 0 Å². The van der Waals surface area contributed by atoms with Gasteiger partial charge in [-0.25, -0.2) is 0 Å². The number of hydrogen-bond acceptors (Lipinski definition) is 4. The Labute approximate surface area is 108 Å². The van der Waals surface area contributed by atoms with Gasteiger partial charge in [-0.3, -0.25) is 9.69 Å². The van der Waals surface area contributed by atoms with Gasteiger partial charge in [0.15, 0.2) is 0 Å². The molecule has 0 saturated carbocycles. The summed E-state index contributed by atoms with van der Waals surface area (Å²) in [5, 5.41) is 0. The summed E-state index contributed by atoms with van der Waals surface area (Å²) in [7, 11) is 3.00. The molecule has 0 N–H and O–H groups in total. The Morgan fingerprint density at radius 2 is 1.84 bits per heavy atom. The number of methoxy groups -OCH3 is 1. The van der Waals surface area contributed by atoms with Gasteiger partial charge >= 0.3 is 12.3 Å². The molecule has 0 atom stereocenters. The Morgan fingerprint density at radius 1 is 1.26 bits per heavy atom. The minimum atomic E-state index is -4.69. The van der Waals surface area contributed by atoms with Gasteiger partial charge in [-0.2, -0.15) is 0 Å². The lowest BCUT2D eigenvalue weighted by Gasteiger charge is -2.15. The lowest BCUT2D eigenvalue weighted by molar-refractivity contribution is -0.274. The van der Waals surface area contributed by atoms with Crippen molar-refractivity contribution >= 4 is 5.97 Å². The second kappa shape index (κ2) is 6.42. The fourth-order valence-electron chi connectivity index (χ4n) is 1.45. The van der Waals surface area contributed by atoms with Crippen molar-refractivity contribution < 1.29 is 27.4 Å². The van der Waals surface area contributed by atoms with Gasteiger partial charge in [-0.1, -0.05) is 12.1 Å². The molecule has 1 rings (SSSR count). The molecule has 0 radical (unpaired) electrons. The minimum absolute atomic E-state index is 0.108. The van der Waals surface area contributed by atoms with Crippen LogP contribution in [0.25, 0.3) is 0 Å². The first kappa shape index (κ1) is 15.3. The van der Waals surface area contributed by atoms with Crippen LogP contribution in [-0.2, 0) is 16.1 Å². The molecule has 0 aliphatic carbocycles. The Morgan fingerprint density at radius 3 is 2.32 bits per heavy atom. The van der Waals surface area contributed by atoms with Gasteiger partial charge < -0.3 is 9.47 Å². The predicted octanol–water partition coefficient (Wildman–Crippen LogP) is 2.19. The maximum Gasteiger partial charge on any atom is 0.573 e. The molecule has 1 aromatic rings. The van der Waals surface area contributed by atoms with Crippen LogP contribution in [0.1, 0.15) is 5.56 Å². The number of likely N-dealkylation sites (N-methyl/N-ethyl adjacent to an activating group) is 1. The fourth-order valence-corrected chi connectivity index (χ4v) is 1.45. The molecule has 0 saturated heterocycles. The third-order valence-electron chi connectivity index (χ3n) is 2.24. The molecule has 0 unspecified atom stereocenters. The Kier molecular flexibility index (Phi) is 5.17. The van der Waals surface area contributed by atoms with Crippen LogP contribution in [0.15, 0.2) is 24.3 Å². The summed E-state index contributed by atoms with van der Waals surface area (Å²) in [6, 6.07) is 5.48. The van der Waals surface area contributed by atoms with E-state index in [2.05, 4.69) is 9.47 Å². The number of alkyl halides is 3. The van der Waals surface area contributed by atoms with Crippen molar-refractivity contribution in [2.45, 2.75) is 12.9 Å². The van der Waals surface area contributed by atoms with Gasteiger partial charge in [0.1, 0.15) is 5.75 Å². The van der Waals surface area contributed by atoms with E-state index in [1.165, 1.54) is 31.4 Å². The number of nitrogens with zero attached hydrogens (tertiary/aromatic N) is 1. The van der Waals surface area contributed by atoms with Crippen LogP contribution in [-0.4, -0.2) is 37.9 Å². The van der Waals surface area contributed by atoms with E-state index in [1.54, 1.807) is 11.9 Å². The van der Waals surface area contributed by atoms with E-state index in [0.29, 0.717) is 6.54 Å². The first-order chi connectivity index (χ1) is 8.80. The van der Waals surface area contributed by atoms with E-state index in [4.69, 9.17) is 0 Å². The number of rotatable bonds is 5. The summed E-state index contributed by atoms with van der Waals surface area (Å²) in [5.74, 6) is -0.647. The van der Waals surface area contributed by atoms with Crippen LogP contribution >= 0.6 is 0 Å². The van der Waals surface area contributed by atoms with E-state index < -0.39 is 6.36 Å². The minimum Gasteiger partial charge on any atom is -0.468 e. The summed E-state index contributed by atoms with van der Waals surface area (Å²) >= 11 is 0. The van der Waals surface area contributed by atoms with Crippen molar-refractivity contribution in [1.82, 2.24) is 4.90 Å². The largest absolute Gasteiger partial charge is 0.573 e. The monoisotopic (exact) mass is 277 g/mol. The highest BCUT2D eigenvalue weighted by Crippen LogP contribution is 2.22. The summed E-state index contributed by atoms with van der Waals surface area (Å²) in [5.41, 5.74) is 0.765. The molecular formula is C12H14F3NO3. The van der Waals surface area contributed by atoms with Crippen LogP contribution in [0.5, 0.6) is 5.75 Å². The Hall–Kier alpha value is -1.76. The lowest BCUT2D eigenvalue weighted by atomic mass is 10.2. The van der Waals surface area contributed by atoms with Gasteiger partial charge in [0, 0.05) is 6.54 Å². The predicted molar refractivity (Wildman–Crippen MR) is 61.5 cm³/mol. The number of halogens is 3. The first-order valence-corrected chi connectivity index (χ1v) is 5.40. The van der Waals surface area contributed by atoms with Crippen LogP contribution in [0.3, 0.4) is 0 Å². The highest BCUT2D eigenvalue weighted by Gasteiger charge is 2.30. The maximum absolute atomic E-state index is 12.0.